The quantitative estimate of drug-likeness (QED) is 0.496. The molecule has 2 saturated heterocycles. The summed E-state index contributed by atoms with van der Waals surface area (Å²) in [5.41, 5.74) is 0.698. The topological polar surface area (TPSA) is 51.7 Å². The molecular formula is C27H34FN5OS. The van der Waals surface area contributed by atoms with Crippen LogP contribution in [-0.2, 0) is 4.79 Å². The molecule has 1 N–H and O–H groups in total. The average molecular weight is 496 g/mol. The normalized spacial score (nSPS) is 17.8. The predicted molar refractivity (Wildman–Crippen MR) is 142 cm³/mol. The number of nitrogens with zero attached hydrogens (tertiary/aromatic N) is 4. The molecule has 0 bridgehead atoms. The van der Waals surface area contributed by atoms with E-state index in [0.29, 0.717) is 12.2 Å². The van der Waals surface area contributed by atoms with Gasteiger partial charge in [0.05, 0.1) is 5.69 Å². The van der Waals surface area contributed by atoms with Crippen LogP contribution in [0, 0.1) is 18.7 Å². The van der Waals surface area contributed by atoms with Crippen molar-refractivity contribution in [1.82, 2.24) is 15.2 Å². The van der Waals surface area contributed by atoms with Gasteiger partial charge in [0.1, 0.15) is 11.6 Å². The molecule has 35 heavy (non-hydrogen) atoms. The lowest BCUT2D eigenvalue weighted by Crippen LogP contribution is -2.47. The Morgan fingerprint density at radius 2 is 1.86 bits per heavy atom. The molecule has 0 saturated carbocycles. The summed E-state index contributed by atoms with van der Waals surface area (Å²) in [6, 6.07) is 11.3. The number of piperazine rings is 1. The number of aryl methyl sites for hydroxylation is 1. The second-order valence-electron chi connectivity index (χ2n) is 9.59. The molecule has 3 aromatic rings. The van der Waals surface area contributed by atoms with Crippen LogP contribution in [0.15, 0.2) is 42.6 Å². The van der Waals surface area contributed by atoms with Crippen molar-refractivity contribution in [2.45, 2.75) is 26.2 Å². The van der Waals surface area contributed by atoms with Crippen LogP contribution in [0.4, 0.5) is 15.9 Å². The summed E-state index contributed by atoms with van der Waals surface area (Å²) < 4.78 is 15.3. The SMILES string of the molecule is Cc1cc2c(N3CCC(C(=O)NCCCN4CCN(c5ccccc5F)CC4)CC3)nccc2s1. The second-order valence-corrected chi connectivity index (χ2v) is 10.9. The Bertz CT molecular complexity index is 1150. The Morgan fingerprint density at radius 1 is 1.09 bits per heavy atom. The van der Waals surface area contributed by atoms with Crippen LogP contribution in [-0.4, -0.2) is 68.1 Å². The van der Waals surface area contributed by atoms with Crippen LogP contribution < -0.4 is 15.1 Å². The van der Waals surface area contributed by atoms with Crippen molar-refractivity contribution in [2.24, 2.45) is 5.92 Å². The zero-order chi connectivity index (χ0) is 24.2. The zero-order valence-corrected chi connectivity index (χ0v) is 21.2. The van der Waals surface area contributed by atoms with Crippen LogP contribution in [0.1, 0.15) is 24.1 Å². The molecular weight excluding hydrogens is 461 g/mol. The van der Waals surface area contributed by atoms with E-state index < -0.39 is 0 Å². The molecule has 0 aliphatic carbocycles. The Hall–Kier alpha value is -2.71. The third-order valence-corrected chi connectivity index (χ3v) is 8.24. The number of piperidine rings is 1. The first-order valence-electron chi connectivity index (χ1n) is 12.7. The van der Waals surface area contributed by atoms with Gasteiger partial charge in [0.15, 0.2) is 0 Å². The molecule has 2 aromatic heterocycles. The molecule has 186 valence electrons. The highest BCUT2D eigenvalue weighted by molar-refractivity contribution is 7.19. The first-order valence-corrected chi connectivity index (χ1v) is 13.5. The van der Waals surface area contributed by atoms with Gasteiger partial charge in [-0.25, -0.2) is 9.37 Å². The largest absolute Gasteiger partial charge is 0.367 e. The standard InChI is InChI=1S/C27H34FN5OS/c1-20-19-22-25(35-20)7-11-29-26(22)33-13-8-21(9-14-33)27(34)30-10-4-12-31-15-17-32(18-16-31)24-6-3-2-5-23(24)28/h2-3,5-7,11,19,21H,4,8-10,12-18H2,1H3,(H,30,34). The number of nitrogens with one attached hydrogen (secondary N) is 1. The van der Waals surface area contributed by atoms with E-state index in [2.05, 4.69) is 44.1 Å². The van der Waals surface area contributed by atoms with Crippen molar-refractivity contribution in [2.75, 3.05) is 62.2 Å². The number of halogens is 1. The molecule has 2 fully saturated rings. The molecule has 0 unspecified atom stereocenters. The average Bonchev–Trinajstić information content (AvgIpc) is 3.27. The van der Waals surface area contributed by atoms with Crippen LogP contribution in [0.3, 0.4) is 0 Å². The molecule has 0 radical (unpaired) electrons. The van der Waals surface area contributed by atoms with E-state index in [9.17, 15) is 9.18 Å². The Kier molecular flexibility index (Phi) is 7.48. The van der Waals surface area contributed by atoms with Crippen molar-refractivity contribution < 1.29 is 9.18 Å². The highest BCUT2D eigenvalue weighted by Gasteiger charge is 2.26. The number of carbonyl (C=O) groups is 1. The lowest BCUT2D eigenvalue weighted by molar-refractivity contribution is -0.125. The summed E-state index contributed by atoms with van der Waals surface area (Å²) >= 11 is 1.81. The Labute approximate surface area is 210 Å². The maximum Gasteiger partial charge on any atom is 0.223 e. The molecule has 6 nitrogen and oxygen atoms in total. The summed E-state index contributed by atoms with van der Waals surface area (Å²) in [6.07, 6.45) is 4.57. The molecule has 0 spiro atoms. The van der Waals surface area contributed by atoms with Gasteiger partial charge in [-0.15, -0.1) is 11.3 Å². The van der Waals surface area contributed by atoms with Crippen LogP contribution >= 0.6 is 11.3 Å². The van der Waals surface area contributed by atoms with E-state index in [0.717, 1.165) is 70.9 Å². The number of anilines is 2. The van der Waals surface area contributed by atoms with Crippen molar-refractivity contribution in [3.8, 4) is 0 Å². The fourth-order valence-corrected chi connectivity index (χ4v) is 6.17. The minimum absolute atomic E-state index is 0.0824. The molecule has 5 rings (SSSR count). The third-order valence-electron chi connectivity index (χ3n) is 7.23. The van der Waals surface area contributed by atoms with Gasteiger partial charge in [0, 0.05) is 72.9 Å². The van der Waals surface area contributed by atoms with Gasteiger partial charge in [-0.05, 0) is 57.0 Å². The number of benzene rings is 1. The number of thiophene rings is 1. The van der Waals surface area contributed by atoms with E-state index in [1.165, 1.54) is 21.0 Å². The maximum atomic E-state index is 14.0. The lowest BCUT2D eigenvalue weighted by atomic mass is 9.95. The number of hydrogen-bond donors (Lipinski definition) is 1. The molecule has 8 heteroatoms. The monoisotopic (exact) mass is 495 g/mol. The van der Waals surface area contributed by atoms with E-state index in [-0.39, 0.29) is 17.6 Å². The van der Waals surface area contributed by atoms with Gasteiger partial charge in [0.2, 0.25) is 5.91 Å². The summed E-state index contributed by atoms with van der Waals surface area (Å²) in [7, 11) is 0. The summed E-state index contributed by atoms with van der Waals surface area (Å²) in [6.45, 7) is 9.05. The lowest BCUT2D eigenvalue weighted by Gasteiger charge is -2.36. The van der Waals surface area contributed by atoms with Crippen molar-refractivity contribution in [3.63, 3.8) is 0 Å². The molecule has 0 atom stereocenters. The summed E-state index contributed by atoms with van der Waals surface area (Å²) in [5, 5.41) is 4.39. The fraction of sp³-hybridized carbons (Fsp3) is 0.481. The maximum absolute atomic E-state index is 14.0. The fourth-order valence-electron chi connectivity index (χ4n) is 5.26. The number of carbonyl (C=O) groups excluding carboxylic acids is 1. The van der Waals surface area contributed by atoms with Gasteiger partial charge < -0.3 is 15.1 Å². The van der Waals surface area contributed by atoms with E-state index in [1.807, 2.05) is 18.3 Å². The highest BCUT2D eigenvalue weighted by Crippen LogP contribution is 2.33. The number of aromatic nitrogens is 1. The van der Waals surface area contributed by atoms with Gasteiger partial charge in [0.25, 0.3) is 0 Å². The number of para-hydroxylation sites is 1. The molecule has 2 aliphatic heterocycles. The molecule has 1 aromatic carbocycles. The summed E-state index contributed by atoms with van der Waals surface area (Å²) in [4.78, 5) is 25.6. The van der Waals surface area contributed by atoms with Crippen molar-refractivity contribution in [1.29, 1.82) is 0 Å². The summed E-state index contributed by atoms with van der Waals surface area (Å²) in [5.74, 6) is 1.18. The van der Waals surface area contributed by atoms with Gasteiger partial charge in [-0.1, -0.05) is 12.1 Å². The number of amides is 1. The van der Waals surface area contributed by atoms with Crippen LogP contribution in [0.25, 0.3) is 10.1 Å². The van der Waals surface area contributed by atoms with Crippen molar-refractivity contribution >= 4 is 38.8 Å². The number of fused-ring (bicyclic) bond motifs is 1. The Morgan fingerprint density at radius 3 is 2.63 bits per heavy atom. The second kappa shape index (κ2) is 10.9. The van der Waals surface area contributed by atoms with Gasteiger partial charge in [-0.3, -0.25) is 9.69 Å². The molecule has 4 heterocycles. The van der Waals surface area contributed by atoms with E-state index >= 15 is 0 Å². The minimum Gasteiger partial charge on any atom is -0.367 e. The van der Waals surface area contributed by atoms with Crippen LogP contribution in [0.2, 0.25) is 0 Å². The highest BCUT2D eigenvalue weighted by atomic mass is 32.1. The van der Waals surface area contributed by atoms with E-state index in [4.69, 9.17) is 0 Å². The van der Waals surface area contributed by atoms with Gasteiger partial charge in [-0.2, -0.15) is 0 Å². The minimum atomic E-state index is -0.149. The molecule has 1 amide bonds. The first-order chi connectivity index (χ1) is 17.1. The number of hydrogen-bond acceptors (Lipinski definition) is 6. The van der Waals surface area contributed by atoms with Gasteiger partial charge >= 0.3 is 0 Å². The predicted octanol–water partition coefficient (Wildman–Crippen LogP) is 4.29. The first kappa shape index (κ1) is 24.0. The van der Waals surface area contributed by atoms with Crippen LogP contribution in [0.5, 0.6) is 0 Å². The zero-order valence-electron chi connectivity index (χ0n) is 20.4. The Balaban J connectivity index is 1.01. The molecule has 2 aliphatic rings. The van der Waals surface area contributed by atoms with E-state index in [1.54, 1.807) is 17.4 Å². The van der Waals surface area contributed by atoms with Crippen molar-refractivity contribution in [3.05, 3.63) is 53.3 Å². The number of rotatable bonds is 7. The smallest absolute Gasteiger partial charge is 0.223 e. The number of pyridine rings is 1. The third kappa shape index (κ3) is 5.59.